The molecule has 0 atom stereocenters. The maximum atomic E-state index is 4.07. The molecular formula is C8H13IN2S. The van der Waals surface area contributed by atoms with E-state index in [0.29, 0.717) is 0 Å². The Bertz CT molecular complexity index is 225. The SMILES string of the molecule is CCCCCCc1nnc(I)s1. The van der Waals surface area contributed by atoms with Crippen LogP contribution >= 0.6 is 33.9 Å². The molecule has 1 aromatic heterocycles. The smallest absolute Gasteiger partial charge is 0.143 e. The molecule has 0 fully saturated rings. The third-order valence-corrected chi connectivity index (χ3v) is 3.33. The van der Waals surface area contributed by atoms with Gasteiger partial charge >= 0.3 is 0 Å². The lowest BCUT2D eigenvalue weighted by atomic mass is 10.2. The van der Waals surface area contributed by atoms with Gasteiger partial charge in [0, 0.05) is 6.42 Å². The highest BCUT2D eigenvalue weighted by molar-refractivity contribution is 14.1. The minimum Gasteiger partial charge on any atom is -0.143 e. The van der Waals surface area contributed by atoms with E-state index in [0.717, 1.165) is 9.44 Å². The summed E-state index contributed by atoms with van der Waals surface area (Å²) in [5, 5.41) is 9.24. The van der Waals surface area contributed by atoms with Gasteiger partial charge in [0.25, 0.3) is 0 Å². The molecule has 0 amide bonds. The highest BCUT2D eigenvalue weighted by atomic mass is 127. The molecule has 4 heteroatoms. The highest BCUT2D eigenvalue weighted by Crippen LogP contribution is 2.14. The van der Waals surface area contributed by atoms with Gasteiger partial charge in [-0.1, -0.05) is 37.5 Å². The summed E-state index contributed by atoms with van der Waals surface area (Å²) in [6.45, 7) is 2.23. The quantitative estimate of drug-likeness (QED) is 0.615. The molecule has 0 aliphatic rings. The standard InChI is InChI=1S/C8H13IN2S/c1-2-3-4-5-6-7-10-11-8(9)12-7/h2-6H2,1H3. The van der Waals surface area contributed by atoms with Crippen LogP contribution in [0.1, 0.15) is 37.6 Å². The number of aryl methyl sites for hydroxylation is 1. The fraction of sp³-hybridized carbons (Fsp3) is 0.750. The summed E-state index contributed by atoms with van der Waals surface area (Å²) in [6.07, 6.45) is 6.34. The molecule has 68 valence electrons. The lowest BCUT2D eigenvalue weighted by molar-refractivity contribution is 0.663. The molecule has 1 rings (SSSR count). The molecule has 0 bridgehead atoms. The van der Waals surface area contributed by atoms with Crippen molar-refractivity contribution >= 4 is 33.9 Å². The van der Waals surface area contributed by atoms with E-state index in [1.54, 1.807) is 11.3 Å². The molecule has 0 radical (unpaired) electrons. The number of hydrogen-bond donors (Lipinski definition) is 0. The molecule has 0 spiro atoms. The van der Waals surface area contributed by atoms with Crippen LogP contribution in [-0.4, -0.2) is 10.2 Å². The molecule has 0 saturated heterocycles. The molecule has 0 aliphatic heterocycles. The van der Waals surface area contributed by atoms with Crippen LogP contribution in [0.15, 0.2) is 0 Å². The third-order valence-electron chi connectivity index (χ3n) is 1.69. The van der Waals surface area contributed by atoms with Gasteiger partial charge in [0.05, 0.1) is 0 Å². The van der Waals surface area contributed by atoms with Gasteiger partial charge in [-0.2, -0.15) is 0 Å². The van der Waals surface area contributed by atoms with E-state index in [-0.39, 0.29) is 0 Å². The van der Waals surface area contributed by atoms with Crippen LogP contribution in [0.25, 0.3) is 0 Å². The van der Waals surface area contributed by atoms with Gasteiger partial charge in [-0.25, -0.2) is 0 Å². The lowest BCUT2D eigenvalue weighted by Crippen LogP contribution is -1.84. The second-order valence-corrected chi connectivity index (χ2v) is 5.58. The maximum Gasteiger partial charge on any atom is 0.178 e. The monoisotopic (exact) mass is 296 g/mol. The van der Waals surface area contributed by atoms with Crippen LogP contribution in [0.2, 0.25) is 0 Å². The fourth-order valence-electron chi connectivity index (χ4n) is 1.04. The van der Waals surface area contributed by atoms with Crippen molar-refractivity contribution in [3.63, 3.8) is 0 Å². The van der Waals surface area contributed by atoms with Crippen molar-refractivity contribution in [2.24, 2.45) is 0 Å². The summed E-state index contributed by atoms with van der Waals surface area (Å²) in [7, 11) is 0. The molecule has 0 unspecified atom stereocenters. The van der Waals surface area contributed by atoms with Gasteiger partial charge in [-0.05, 0) is 29.0 Å². The van der Waals surface area contributed by atoms with E-state index in [4.69, 9.17) is 0 Å². The fourth-order valence-corrected chi connectivity index (χ4v) is 2.51. The first-order valence-electron chi connectivity index (χ1n) is 4.31. The summed E-state index contributed by atoms with van der Waals surface area (Å²) < 4.78 is 1.05. The largest absolute Gasteiger partial charge is 0.178 e. The topological polar surface area (TPSA) is 25.8 Å². The lowest BCUT2D eigenvalue weighted by Gasteiger charge is -1.94. The zero-order valence-electron chi connectivity index (χ0n) is 7.22. The van der Waals surface area contributed by atoms with Gasteiger partial charge in [-0.15, -0.1) is 10.2 Å². The summed E-state index contributed by atoms with van der Waals surface area (Å²) in [5.41, 5.74) is 0. The molecule has 0 N–H and O–H groups in total. The number of halogens is 1. The molecule has 12 heavy (non-hydrogen) atoms. The number of unbranched alkanes of at least 4 members (excludes halogenated alkanes) is 3. The van der Waals surface area contributed by atoms with E-state index >= 15 is 0 Å². The van der Waals surface area contributed by atoms with E-state index in [1.165, 1.54) is 30.7 Å². The Morgan fingerprint density at radius 1 is 1.25 bits per heavy atom. The van der Waals surface area contributed by atoms with E-state index in [2.05, 4.69) is 39.7 Å². The van der Waals surface area contributed by atoms with Gasteiger partial charge < -0.3 is 0 Å². The maximum absolute atomic E-state index is 4.07. The molecule has 1 aromatic rings. The summed E-state index contributed by atoms with van der Waals surface area (Å²) in [6, 6.07) is 0. The third kappa shape index (κ3) is 3.80. The van der Waals surface area contributed by atoms with Crippen molar-refractivity contribution in [1.29, 1.82) is 0 Å². The summed E-state index contributed by atoms with van der Waals surface area (Å²) in [5.74, 6) is 0. The van der Waals surface area contributed by atoms with E-state index in [9.17, 15) is 0 Å². The summed E-state index contributed by atoms with van der Waals surface area (Å²) >= 11 is 3.92. The normalized spacial score (nSPS) is 10.5. The number of aromatic nitrogens is 2. The minimum atomic E-state index is 1.05. The van der Waals surface area contributed by atoms with Crippen molar-refractivity contribution in [1.82, 2.24) is 10.2 Å². The Labute approximate surface area is 90.9 Å². The Kier molecular flexibility index (Phi) is 5.06. The molecule has 0 aliphatic carbocycles. The molecule has 1 heterocycles. The first-order chi connectivity index (χ1) is 5.83. The average molecular weight is 296 g/mol. The Balaban J connectivity index is 2.15. The van der Waals surface area contributed by atoms with Crippen LogP contribution in [-0.2, 0) is 6.42 Å². The molecular weight excluding hydrogens is 283 g/mol. The minimum absolute atomic E-state index is 1.05. The highest BCUT2D eigenvalue weighted by Gasteiger charge is 1.99. The van der Waals surface area contributed by atoms with E-state index in [1.807, 2.05) is 0 Å². The Hall–Kier alpha value is 0.290. The second-order valence-electron chi connectivity index (χ2n) is 2.76. The first-order valence-corrected chi connectivity index (χ1v) is 6.20. The van der Waals surface area contributed by atoms with Crippen molar-refractivity contribution in [3.05, 3.63) is 8.02 Å². The van der Waals surface area contributed by atoms with Gasteiger partial charge in [-0.3, -0.25) is 0 Å². The van der Waals surface area contributed by atoms with Crippen LogP contribution in [0.3, 0.4) is 0 Å². The number of rotatable bonds is 5. The molecule has 0 aromatic carbocycles. The number of nitrogens with zero attached hydrogens (tertiary/aromatic N) is 2. The van der Waals surface area contributed by atoms with Crippen LogP contribution in [0, 0.1) is 3.01 Å². The van der Waals surface area contributed by atoms with Crippen LogP contribution in [0.5, 0.6) is 0 Å². The van der Waals surface area contributed by atoms with Gasteiger partial charge in [0.2, 0.25) is 0 Å². The first kappa shape index (κ1) is 10.4. The molecule has 0 saturated carbocycles. The van der Waals surface area contributed by atoms with E-state index < -0.39 is 0 Å². The van der Waals surface area contributed by atoms with Crippen molar-refractivity contribution in [2.45, 2.75) is 39.0 Å². The van der Waals surface area contributed by atoms with Gasteiger partial charge in [0.15, 0.2) is 3.01 Å². The van der Waals surface area contributed by atoms with Crippen molar-refractivity contribution in [2.75, 3.05) is 0 Å². The zero-order valence-corrected chi connectivity index (χ0v) is 10.2. The zero-order chi connectivity index (χ0) is 8.81. The summed E-state index contributed by atoms with van der Waals surface area (Å²) in [4.78, 5) is 0. The predicted molar refractivity (Wildman–Crippen MR) is 60.5 cm³/mol. The second kappa shape index (κ2) is 5.85. The number of hydrogen-bond acceptors (Lipinski definition) is 3. The Morgan fingerprint density at radius 3 is 2.67 bits per heavy atom. The van der Waals surface area contributed by atoms with Crippen LogP contribution < -0.4 is 0 Å². The van der Waals surface area contributed by atoms with Gasteiger partial charge in [0.1, 0.15) is 5.01 Å². The average Bonchev–Trinajstić information content (AvgIpc) is 2.45. The molecule has 2 nitrogen and oxygen atoms in total. The Morgan fingerprint density at radius 2 is 2.08 bits per heavy atom. The van der Waals surface area contributed by atoms with Crippen molar-refractivity contribution < 1.29 is 0 Å². The van der Waals surface area contributed by atoms with Crippen molar-refractivity contribution in [3.8, 4) is 0 Å². The predicted octanol–water partition coefficient (Wildman–Crippen LogP) is 3.27. The van der Waals surface area contributed by atoms with Crippen LogP contribution in [0.4, 0.5) is 0 Å².